The normalized spacial score (nSPS) is 36.1. The van der Waals surface area contributed by atoms with Gasteiger partial charge < -0.3 is 0 Å². The van der Waals surface area contributed by atoms with Crippen LogP contribution in [0.25, 0.3) is 0 Å². The summed E-state index contributed by atoms with van der Waals surface area (Å²) in [4.78, 5) is 22.9. The summed E-state index contributed by atoms with van der Waals surface area (Å²) in [6.45, 7) is 6.25. The molecule has 17 heavy (non-hydrogen) atoms. The van der Waals surface area contributed by atoms with Crippen molar-refractivity contribution >= 4 is 12.1 Å². The van der Waals surface area contributed by atoms with Crippen molar-refractivity contribution in [3.63, 3.8) is 0 Å². The van der Waals surface area contributed by atoms with E-state index in [0.717, 1.165) is 24.7 Å². The van der Waals surface area contributed by atoms with Crippen molar-refractivity contribution in [3.05, 3.63) is 22.8 Å². The van der Waals surface area contributed by atoms with Gasteiger partial charge in [0.25, 0.3) is 0 Å². The summed E-state index contributed by atoms with van der Waals surface area (Å²) in [7, 11) is 0. The molecule has 92 valence electrons. The second-order valence-electron chi connectivity index (χ2n) is 5.70. The molecular formula is C15H20O2. The fourth-order valence-electron chi connectivity index (χ4n) is 3.15. The Kier molecular flexibility index (Phi) is 3.07. The van der Waals surface area contributed by atoms with Gasteiger partial charge in [0.1, 0.15) is 6.29 Å². The average molecular weight is 232 g/mol. The lowest BCUT2D eigenvalue weighted by molar-refractivity contribution is -0.113. The fourth-order valence-corrected chi connectivity index (χ4v) is 3.15. The van der Waals surface area contributed by atoms with Gasteiger partial charge in [0, 0.05) is 5.57 Å². The monoisotopic (exact) mass is 232 g/mol. The second kappa shape index (κ2) is 4.25. The second-order valence-corrected chi connectivity index (χ2v) is 5.70. The molecule has 1 fully saturated rings. The number of rotatable bonds is 1. The van der Waals surface area contributed by atoms with Crippen LogP contribution in [0.1, 0.15) is 46.5 Å². The van der Waals surface area contributed by atoms with Gasteiger partial charge >= 0.3 is 0 Å². The minimum atomic E-state index is 0.0520. The van der Waals surface area contributed by atoms with Crippen molar-refractivity contribution in [2.45, 2.75) is 46.5 Å². The van der Waals surface area contributed by atoms with Crippen molar-refractivity contribution < 1.29 is 9.59 Å². The Morgan fingerprint density at radius 3 is 2.88 bits per heavy atom. The lowest BCUT2D eigenvalue weighted by atomic mass is 9.59. The van der Waals surface area contributed by atoms with Gasteiger partial charge in [-0.2, -0.15) is 0 Å². The SMILES string of the molecule is CC(C=O)=C1CC2(C)C(=CC1=O)CCCC2C. The van der Waals surface area contributed by atoms with Crippen LogP contribution in [0, 0.1) is 11.3 Å². The highest BCUT2D eigenvalue weighted by atomic mass is 16.1. The van der Waals surface area contributed by atoms with Crippen molar-refractivity contribution in [3.8, 4) is 0 Å². The van der Waals surface area contributed by atoms with E-state index in [-0.39, 0.29) is 11.2 Å². The minimum absolute atomic E-state index is 0.0520. The van der Waals surface area contributed by atoms with Crippen LogP contribution in [0.15, 0.2) is 22.8 Å². The molecular weight excluding hydrogens is 212 g/mol. The number of fused-ring (bicyclic) bond motifs is 1. The van der Waals surface area contributed by atoms with Gasteiger partial charge in [-0.05, 0) is 55.6 Å². The molecule has 0 aromatic carbocycles. The molecule has 0 N–H and O–H groups in total. The summed E-state index contributed by atoms with van der Waals surface area (Å²) in [5.74, 6) is 0.640. The van der Waals surface area contributed by atoms with Crippen LogP contribution in [-0.4, -0.2) is 12.1 Å². The standard InChI is InChI=1S/C15H20O2/c1-10(9-16)13-8-15(3)11(2)5-4-6-12(15)7-14(13)17/h7,9,11H,4-6,8H2,1-3H3. The van der Waals surface area contributed by atoms with Gasteiger partial charge in [0.2, 0.25) is 0 Å². The Morgan fingerprint density at radius 1 is 1.53 bits per heavy atom. The highest BCUT2D eigenvalue weighted by Gasteiger charge is 2.42. The third-order valence-corrected chi connectivity index (χ3v) is 4.70. The first kappa shape index (κ1) is 12.3. The van der Waals surface area contributed by atoms with Gasteiger partial charge in [0.15, 0.2) is 5.78 Å². The number of aldehydes is 1. The number of ketones is 1. The first-order valence-corrected chi connectivity index (χ1v) is 6.39. The molecule has 0 aromatic heterocycles. The Hall–Kier alpha value is -1.18. The predicted molar refractivity (Wildman–Crippen MR) is 67.6 cm³/mol. The van der Waals surface area contributed by atoms with Crippen molar-refractivity contribution in [2.24, 2.45) is 11.3 Å². The van der Waals surface area contributed by atoms with Crippen LogP contribution in [0.3, 0.4) is 0 Å². The van der Waals surface area contributed by atoms with E-state index < -0.39 is 0 Å². The summed E-state index contributed by atoms with van der Waals surface area (Å²) >= 11 is 0. The van der Waals surface area contributed by atoms with E-state index in [2.05, 4.69) is 13.8 Å². The summed E-state index contributed by atoms with van der Waals surface area (Å²) < 4.78 is 0. The molecule has 0 radical (unpaired) electrons. The molecule has 2 heteroatoms. The van der Waals surface area contributed by atoms with E-state index >= 15 is 0 Å². The molecule has 0 heterocycles. The Balaban J connectivity index is 2.48. The maximum atomic E-state index is 12.0. The molecule has 2 atom stereocenters. The Labute approximate surface area is 103 Å². The molecule has 0 amide bonds. The molecule has 0 bridgehead atoms. The lowest BCUT2D eigenvalue weighted by Crippen LogP contribution is -2.36. The molecule has 2 aliphatic carbocycles. The smallest absolute Gasteiger partial charge is 0.182 e. The number of hydrogen-bond acceptors (Lipinski definition) is 2. The molecule has 2 aliphatic rings. The van der Waals surface area contributed by atoms with Crippen LogP contribution in [-0.2, 0) is 9.59 Å². The maximum Gasteiger partial charge on any atom is 0.182 e. The molecule has 2 rings (SSSR count). The minimum Gasteiger partial charge on any atom is -0.298 e. The molecule has 0 aromatic rings. The number of hydrogen-bond donors (Lipinski definition) is 0. The highest BCUT2D eigenvalue weighted by molar-refractivity contribution is 6.08. The van der Waals surface area contributed by atoms with E-state index in [0.29, 0.717) is 11.5 Å². The van der Waals surface area contributed by atoms with Gasteiger partial charge in [-0.25, -0.2) is 0 Å². The summed E-state index contributed by atoms with van der Waals surface area (Å²) in [5, 5.41) is 0. The lowest BCUT2D eigenvalue weighted by Gasteiger charge is -2.45. The van der Waals surface area contributed by atoms with Crippen LogP contribution in [0.5, 0.6) is 0 Å². The summed E-state index contributed by atoms with van der Waals surface area (Å²) in [5.41, 5.74) is 2.71. The van der Waals surface area contributed by atoms with Crippen molar-refractivity contribution in [2.75, 3.05) is 0 Å². The highest BCUT2D eigenvalue weighted by Crippen LogP contribution is 2.51. The van der Waals surface area contributed by atoms with Gasteiger partial charge in [-0.1, -0.05) is 19.4 Å². The van der Waals surface area contributed by atoms with Crippen molar-refractivity contribution in [1.29, 1.82) is 0 Å². The van der Waals surface area contributed by atoms with Gasteiger partial charge in [0.05, 0.1) is 0 Å². The average Bonchev–Trinajstić information content (AvgIpc) is 2.31. The maximum absolute atomic E-state index is 12.0. The van der Waals surface area contributed by atoms with Crippen LogP contribution in [0.2, 0.25) is 0 Å². The molecule has 1 saturated carbocycles. The van der Waals surface area contributed by atoms with Crippen molar-refractivity contribution in [1.82, 2.24) is 0 Å². The zero-order valence-corrected chi connectivity index (χ0v) is 10.9. The molecule has 0 spiro atoms. The van der Waals surface area contributed by atoms with Crippen LogP contribution >= 0.6 is 0 Å². The Bertz CT molecular complexity index is 428. The van der Waals surface area contributed by atoms with E-state index in [1.807, 2.05) is 0 Å². The zero-order valence-electron chi connectivity index (χ0n) is 10.9. The largest absolute Gasteiger partial charge is 0.298 e. The fraction of sp³-hybridized carbons (Fsp3) is 0.600. The van der Waals surface area contributed by atoms with E-state index in [4.69, 9.17) is 0 Å². The molecule has 0 saturated heterocycles. The number of carbonyl (C=O) groups is 2. The topological polar surface area (TPSA) is 34.1 Å². The third-order valence-electron chi connectivity index (χ3n) is 4.70. The summed E-state index contributed by atoms with van der Waals surface area (Å²) in [6.07, 6.45) is 6.78. The van der Waals surface area contributed by atoms with E-state index in [9.17, 15) is 9.59 Å². The number of allylic oxidation sites excluding steroid dienone is 4. The number of carbonyl (C=O) groups excluding carboxylic acids is 2. The van der Waals surface area contributed by atoms with Crippen LogP contribution < -0.4 is 0 Å². The quantitative estimate of drug-likeness (QED) is 0.514. The predicted octanol–water partition coefficient (Wildman–Crippen LogP) is 3.23. The van der Waals surface area contributed by atoms with Crippen LogP contribution in [0.4, 0.5) is 0 Å². The molecule has 2 nitrogen and oxygen atoms in total. The zero-order chi connectivity index (χ0) is 12.6. The molecule has 0 aliphatic heterocycles. The third kappa shape index (κ3) is 1.90. The molecule has 2 unspecified atom stereocenters. The first-order chi connectivity index (χ1) is 7.99. The van der Waals surface area contributed by atoms with Gasteiger partial charge in [-0.15, -0.1) is 0 Å². The van der Waals surface area contributed by atoms with E-state index in [1.54, 1.807) is 13.0 Å². The first-order valence-electron chi connectivity index (χ1n) is 6.39. The van der Waals surface area contributed by atoms with E-state index in [1.165, 1.54) is 18.4 Å². The van der Waals surface area contributed by atoms with Gasteiger partial charge in [-0.3, -0.25) is 9.59 Å². The Morgan fingerprint density at radius 2 is 2.24 bits per heavy atom. The summed E-state index contributed by atoms with van der Waals surface area (Å²) in [6, 6.07) is 0.